The first kappa shape index (κ1) is 22.1. The van der Waals surface area contributed by atoms with Crippen LogP contribution in [-0.4, -0.2) is 26.0 Å². The second-order valence-electron chi connectivity index (χ2n) is 8.00. The van der Waals surface area contributed by atoms with Crippen LogP contribution >= 0.6 is 0 Å². The van der Waals surface area contributed by atoms with Crippen molar-refractivity contribution >= 4 is 28.8 Å². The Kier molecular flexibility index (Phi) is 6.18. The van der Waals surface area contributed by atoms with Crippen LogP contribution in [0.5, 0.6) is 11.5 Å². The lowest BCUT2D eigenvalue weighted by Crippen LogP contribution is -2.32. The van der Waals surface area contributed by atoms with Crippen molar-refractivity contribution in [2.75, 3.05) is 24.4 Å². The van der Waals surface area contributed by atoms with Gasteiger partial charge in [-0.2, -0.15) is 0 Å². The van der Waals surface area contributed by atoms with Gasteiger partial charge in [0.15, 0.2) is 11.5 Å². The Balaban J connectivity index is 1.77. The zero-order valence-electron chi connectivity index (χ0n) is 19.1. The molecule has 3 aromatic rings. The fourth-order valence-electron chi connectivity index (χ4n) is 3.82. The minimum absolute atomic E-state index is 0.214. The summed E-state index contributed by atoms with van der Waals surface area (Å²) in [7, 11) is 3.10. The molecule has 2 amide bonds. The zero-order chi connectivity index (χ0) is 23.5. The predicted molar refractivity (Wildman–Crippen MR) is 130 cm³/mol. The number of carbonyl (C=O) groups excluding carboxylic acids is 2. The largest absolute Gasteiger partial charge is 0.493 e. The third kappa shape index (κ3) is 4.20. The number of ether oxygens (including phenoxy) is 2. The molecule has 1 aliphatic heterocycles. The number of amides is 2. The summed E-state index contributed by atoms with van der Waals surface area (Å²) in [6, 6.07) is 22.0. The van der Waals surface area contributed by atoms with Gasteiger partial charge < -0.3 is 14.8 Å². The Morgan fingerprint density at radius 2 is 1.45 bits per heavy atom. The van der Waals surface area contributed by atoms with Gasteiger partial charge in [-0.3, -0.25) is 9.59 Å². The molecule has 1 aliphatic rings. The average Bonchev–Trinajstić information content (AvgIpc) is 3.08. The van der Waals surface area contributed by atoms with Crippen LogP contribution in [0.3, 0.4) is 0 Å². The highest BCUT2D eigenvalue weighted by molar-refractivity contribution is 6.46. The number of rotatable bonds is 7. The quantitative estimate of drug-likeness (QED) is 0.508. The van der Waals surface area contributed by atoms with E-state index in [0.29, 0.717) is 39.9 Å². The maximum atomic E-state index is 13.5. The van der Waals surface area contributed by atoms with Gasteiger partial charge in [0, 0.05) is 11.8 Å². The molecule has 0 fully saturated rings. The molecule has 0 spiro atoms. The first-order valence-electron chi connectivity index (χ1n) is 10.7. The van der Waals surface area contributed by atoms with Crippen LogP contribution in [0, 0.1) is 0 Å². The van der Waals surface area contributed by atoms with Crippen LogP contribution in [0.25, 0.3) is 5.57 Å². The molecule has 6 heteroatoms. The van der Waals surface area contributed by atoms with Crippen LogP contribution in [0.1, 0.15) is 30.9 Å². The number of imide groups is 1. The summed E-state index contributed by atoms with van der Waals surface area (Å²) in [4.78, 5) is 28.3. The molecule has 3 aromatic carbocycles. The van der Waals surface area contributed by atoms with Gasteiger partial charge in [-0.15, -0.1) is 0 Å². The number of nitrogens with zero attached hydrogens (tertiary/aromatic N) is 1. The van der Waals surface area contributed by atoms with E-state index in [2.05, 4.69) is 19.2 Å². The fourth-order valence-corrected chi connectivity index (χ4v) is 3.82. The molecular formula is C27H26N2O4. The zero-order valence-corrected chi connectivity index (χ0v) is 19.1. The van der Waals surface area contributed by atoms with Crippen molar-refractivity contribution in [2.45, 2.75) is 19.8 Å². The molecule has 4 rings (SSSR count). The van der Waals surface area contributed by atoms with Gasteiger partial charge in [0.1, 0.15) is 5.70 Å². The van der Waals surface area contributed by atoms with Gasteiger partial charge in [-0.05, 0) is 41.3 Å². The van der Waals surface area contributed by atoms with E-state index >= 15 is 0 Å². The molecule has 1 heterocycles. The normalized spacial score (nSPS) is 13.7. The Bertz CT molecular complexity index is 1210. The summed E-state index contributed by atoms with van der Waals surface area (Å²) in [5, 5.41) is 3.16. The number of methoxy groups -OCH3 is 2. The van der Waals surface area contributed by atoms with E-state index in [1.807, 2.05) is 54.6 Å². The Morgan fingerprint density at radius 3 is 2.06 bits per heavy atom. The van der Waals surface area contributed by atoms with Crippen LogP contribution in [0.4, 0.5) is 11.4 Å². The minimum atomic E-state index is -0.411. The van der Waals surface area contributed by atoms with Crippen molar-refractivity contribution in [1.29, 1.82) is 0 Å². The van der Waals surface area contributed by atoms with Crippen molar-refractivity contribution in [2.24, 2.45) is 0 Å². The summed E-state index contributed by atoms with van der Waals surface area (Å²) >= 11 is 0. The van der Waals surface area contributed by atoms with Crippen molar-refractivity contribution in [3.05, 3.63) is 89.6 Å². The van der Waals surface area contributed by atoms with Crippen LogP contribution in [0.2, 0.25) is 0 Å². The highest BCUT2D eigenvalue weighted by atomic mass is 16.5. The predicted octanol–water partition coefficient (Wildman–Crippen LogP) is 5.22. The number of anilines is 2. The lowest BCUT2D eigenvalue weighted by atomic mass is 10.0. The fraction of sp³-hybridized carbons (Fsp3) is 0.185. The second-order valence-corrected chi connectivity index (χ2v) is 8.00. The average molecular weight is 443 g/mol. The molecule has 0 unspecified atom stereocenters. The van der Waals surface area contributed by atoms with Crippen molar-refractivity contribution in [3.8, 4) is 11.5 Å². The SMILES string of the molecule is COc1ccc(NC2=C(c3ccccc3)C(=O)N(c3ccc(C(C)C)cc3)C2=O)cc1OC. The minimum Gasteiger partial charge on any atom is -0.493 e. The number of hydrogen-bond acceptors (Lipinski definition) is 5. The Morgan fingerprint density at radius 1 is 0.788 bits per heavy atom. The molecule has 33 heavy (non-hydrogen) atoms. The molecule has 0 aromatic heterocycles. The first-order chi connectivity index (χ1) is 15.9. The van der Waals surface area contributed by atoms with E-state index in [1.165, 1.54) is 4.90 Å². The molecule has 0 atom stereocenters. The number of hydrogen-bond donors (Lipinski definition) is 1. The number of carbonyl (C=O) groups is 2. The van der Waals surface area contributed by atoms with E-state index in [0.717, 1.165) is 5.56 Å². The number of benzene rings is 3. The maximum absolute atomic E-state index is 13.5. The second kappa shape index (κ2) is 9.20. The van der Waals surface area contributed by atoms with Gasteiger partial charge >= 0.3 is 0 Å². The van der Waals surface area contributed by atoms with E-state index < -0.39 is 5.91 Å². The molecule has 0 bridgehead atoms. The van der Waals surface area contributed by atoms with Gasteiger partial charge in [0.2, 0.25) is 0 Å². The summed E-state index contributed by atoms with van der Waals surface area (Å²) in [6.07, 6.45) is 0. The van der Waals surface area contributed by atoms with Gasteiger partial charge in [-0.1, -0.05) is 56.3 Å². The molecule has 6 nitrogen and oxygen atoms in total. The van der Waals surface area contributed by atoms with Crippen LogP contribution in [0.15, 0.2) is 78.5 Å². The van der Waals surface area contributed by atoms with Crippen LogP contribution in [-0.2, 0) is 9.59 Å². The van der Waals surface area contributed by atoms with Crippen molar-refractivity contribution in [3.63, 3.8) is 0 Å². The third-order valence-corrected chi connectivity index (χ3v) is 5.62. The molecule has 0 radical (unpaired) electrons. The van der Waals surface area contributed by atoms with Crippen molar-refractivity contribution < 1.29 is 19.1 Å². The van der Waals surface area contributed by atoms with Crippen LogP contribution < -0.4 is 19.7 Å². The highest BCUT2D eigenvalue weighted by Crippen LogP contribution is 2.36. The smallest absolute Gasteiger partial charge is 0.282 e. The van der Waals surface area contributed by atoms with Gasteiger partial charge in [-0.25, -0.2) is 4.90 Å². The van der Waals surface area contributed by atoms with Gasteiger partial charge in [0.25, 0.3) is 11.8 Å². The summed E-state index contributed by atoms with van der Waals surface area (Å²) in [6.45, 7) is 4.20. The topological polar surface area (TPSA) is 67.9 Å². The monoisotopic (exact) mass is 442 g/mol. The Labute approximate surface area is 193 Å². The van der Waals surface area contributed by atoms with E-state index in [9.17, 15) is 9.59 Å². The molecule has 0 saturated carbocycles. The Hall–Kier alpha value is -4.06. The lowest BCUT2D eigenvalue weighted by Gasteiger charge is -2.17. The van der Waals surface area contributed by atoms with E-state index in [1.54, 1.807) is 32.4 Å². The highest BCUT2D eigenvalue weighted by Gasteiger charge is 2.40. The summed E-state index contributed by atoms with van der Waals surface area (Å²) in [5.41, 5.74) is 3.48. The maximum Gasteiger partial charge on any atom is 0.282 e. The summed E-state index contributed by atoms with van der Waals surface area (Å²) in [5.74, 6) is 0.657. The molecule has 1 N–H and O–H groups in total. The number of nitrogens with one attached hydrogen (secondary N) is 1. The molecule has 168 valence electrons. The molecule has 0 saturated heterocycles. The summed E-state index contributed by atoms with van der Waals surface area (Å²) < 4.78 is 10.7. The first-order valence-corrected chi connectivity index (χ1v) is 10.7. The molecular weight excluding hydrogens is 416 g/mol. The van der Waals surface area contributed by atoms with E-state index in [-0.39, 0.29) is 11.6 Å². The molecule has 0 aliphatic carbocycles. The standard InChI is InChI=1S/C27H26N2O4/c1-17(2)18-10-13-21(14-11-18)29-26(30)24(19-8-6-5-7-9-19)25(27(29)31)28-20-12-15-22(32-3)23(16-20)33-4/h5-17,28H,1-4H3. The van der Waals surface area contributed by atoms with Crippen molar-refractivity contribution in [1.82, 2.24) is 0 Å². The lowest BCUT2D eigenvalue weighted by molar-refractivity contribution is -0.120. The van der Waals surface area contributed by atoms with Gasteiger partial charge in [0.05, 0.1) is 25.5 Å². The van der Waals surface area contributed by atoms with E-state index in [4.69, 9.17) is 9.47 Å². The third-order valence-electron chi connectivity index (χ3n) is 5.62.